The maximum atomic E-state index is 11.9. The standard InChI is InChI=1S/C26H44O5/c1-5-31-23(30)9-6-15(2)18-7-8-19-24-20(14-22(29)26(18,19)4)25(3)11-10-17(27)12-16(25)13-21(24)28/h15-22,24,27-29H,5-14H2,1-4H3/t15-,16+,17-,18-,19+,20+,21+,22+,24+,25-,26+/m0/s1. The Morgan fingerprint density at radius 3 is 2.52 bits per heavy atom. The van der Waals surface area contributed by atoms with Gasteiger partial charge in [0.25, 0.3) is 0 Å². The Bertz CT molecular complexity index is 666. The second-order valence-electron chi connectivity index (χ2n) is 11.8. The maximum absolute atomic E-state index is 11.9. The fourth-order valence-corrected chi connectivity index (χ4v) is 8.91. The molecule has 0 aromatic carbocycles. The molecular formula is C26H44O5. The van der Waals surface area contributed by atoms with Gasteiger partial charge in [-0.2, -0.15) is 0 Å². The average Bonchev–Trinajstić information content (AvgIpc) is 3.07. The SMILES string of the molecule is CCOC(=O)CC[C@H](C)[C@@H]1CC[C@@H]2[C@H]3[C@H](O)C[C@H]4C[C@@H](O)CC[C@]4(C)[C@@H]3C[C@@H](O)[C@@]21C. The lowest BCUT2D eigenvalue weighted by Crippen LogP contribution is -2.62. The zero-order chi connectivity index (χ0) is 22.6. The van der Waals surface area contributed by atoms with Gasteiger partial charge in [0, 0.05) is 6.42 Å². The molecule has 4 fully saturated rings. The smallest absolute Gasteiger partial charge is 0.305 e. The molecule has 0 amide bonds. The minimum Gasteiger partial charge on any atom is -0.466 e. The Morgan fingerprint density at radius 1 is 1.06 bits per heavy atom. The van der Waals surface area contributed by atoms with Gasteiger partial charge >= 0.3 is 5.97 Å². The first kappa shape index (κ1) is 23.5. The van der Waals surface area contributed by atoms with Gasteiger partial charge in [0.05, 0.1) is 24.9 Å². The molecule has 3 N–H and O–H groups in total. The molecule has 178 valence electrons. The van der Waals surface area contributed by atoms with E-state index < -0.39 is 0 Å². The molecule has 11 atom stereocenters. The first-order valence-electron chi connectivity index (χ1n) is 12.8. The first-order chi connectivity index (χ1) is 14.6. The highest BCUT2D eigenvalue weighted by Gasteiger charge is 2.65. The maximum Gasteiger partial charge on any atom is 0.305 e. The molecule has 4 aliphatic rings. The molecule has 4 saturated carbocycles. The van der Waals surface area contributed by atoms with Crippen LogP contribution >= 0.6 is 0 Å². The second-order valence-corrected chi connectivity index (χ2v) is 11.8. The largest absolute Gasteiger partial charge is 0.466 e. The number of fused-ring (bicyclic) bond motifs is 5. The van der Waals surface area contributed by atoms with E-state index in [1.54, 1.807) is 0 Å². The van der Waals surface area contributed by atoms with Crippen LogP contribution in [0.3, 0.4) is 0 Å². The summed E-state index contributed by atoms with van der Waals surface area (Å²) < 4.78 is 5.12. The molecule has 0 aromatic rings. The van der Waals surface area contributed by atoms with Gasteiger partial charge in [-0.1, -0.05) is 20.8 Å². The zero-order valence-corrected chi connectivity index (χ0v) is 19.9. The molecule has 0 radical (unpaired) electrons. The van der Waals surface area contributed by atoms with Crippen molar-refractivity contribution in [3.05, 3.63) is 0 Å². The third kappa shape index (κ3) is 3.77. The Balaban J connectivity index is 1.54. The lowest BCUT2D eigenvalue weighted by Gasteiger charge is -2.63. The fourth-order valence-electron chi connectivity index (χ4n) is 8.91. The molecule has 0 unspecified atom stereocenters. The van der Waals surface area contributed by atoms with Crippen LogP contribution in [0.5, 0.6) is 0 Å². The van der Waals surface area contributed by atoms with E-state index in [2.05, 4.69) is 20.8 Å². The van der Waals surface area contributed by atoms with Gasteiger partial charge in [-0.25, -0.2) is 0 Å². The molecule has 31 heavy (non-hydrogen) atoms. The summed E-state index contributed by atoms with van der Waals surface area (Å²) >= 11 is 0. The van der Waals surface area contributed by atoms with Crippen LogP contribution < -0.4 is 0 Å². The van der Waals surface area contributed by atoms with E-state index in [1.165, 1.54) is 0 Å². The van der Waals surface area contributed by atoms with Gasteiger partial charge in [0.2, 0.25) is 0 Å². The summed E-state index contributed by atoms with van der Waals surface area (Å²) in [7, 11) is 0. The van der Waals surface area contributed by atoms with Crippen LogP contribution in [0.15, 0.2) is 0 Å². The number of aliphatic hydroxyl groups excluding tert-OH is 3. The Hall–Kier alpha value is -0.650. The number of hydrogen-bond acceptors (Lipinski definition) is 5. The molecule has 0 spiro atoms. The van der Waals surface area contributed by atoms with E-state index >= 15 is 0 Å². The van der Waals surface area contributed by atoms with Gasteiger partial charge < -0.3 is 20.1 Å². The third-order valence-corrected chi connectivity index (χ3v) is 10.6. The summed E-state index contributed by atoms with van der Waals surface area (Å²) in [5.74, 6) is 1.84. The zero-order valence-electron chi connectivity index (χ0n) is 19.9. The Morgan fingerprint density at radius 2 is 1.81 bits per heavy atom. The molecular weight excluding hydrogens is 392 g/mol. The van der Waals surface area contributed by atoms with Crippen LogP contribution in [0.25, 0.3) is 0 Å². The highest BCUT2D eigenvalue weighted by molar-refractivity contribution is 5.69. The molecule has 0 aromatic heterocycles. The highest BCUT2D eigenvalue weighted by atomic mass is 16.5. The van der Waals surface area contributed by atoms with Crippen LogP contribution in [-0.2, 0) is 9.53 Å². The van der Waals surface area contributed by atoms with E-state index in [0.29, 0.717) is 42.6 Å². The molecule has 0 heterocycles. The molecule has 5 heteroatoms. The normalized spacial score (nSPS) is 50.2. The van der Waals surface area contributed by atoms with E-state index in [9.17, 15) is 20.1 Å². The molecule has 0 bridgehead atoms. The monoisotopic (exact) mass is 436 g/mol. The number of esters is 1. The summed E-state index contributed by atoms with van der Waals surface area (Å²) in [5, 5.41) is 33.1. The van der Waals surface area contributed by atoms with Crippen molar-refractivity contribution in [1.82, 2.24) is 0 Å². The van der Waals surface area contributed by atoms with Crippen LogP contribution in [0.1, 0.15) is 85.5 Å². The van der Waals surface area contributed by atoms with Gasteiger partial charge in [0.1, 0.15) is 0 Å². The van der Waals surface area contributed by atoms with Crippen molar-refractivity contribution < 1.29 is 24.9 Å². The average molecular weight is 437 g/mol. The van der Waals surface area contributed by atoms with E-state index in [0.717, 1.165) is 51.4 Å². The third-order valence-electron chi connectivity index (χ3n) is 10.6. The van der Waals surface area contributed by atoms with E-state index in [4.69, 9.17) is 4.74 Å². The van der Waals surface area contributed by atoms with Gasteiger partial charge in [-0.15, -0.1) is 0 Å². The molecule has 0 aliphatic heterocycles. The minimum atomic E-state index is -0.370. The van der Waals surface area contributed by atoms with Crippen molar-refractivity contribution in [2.45, 2.75) is 104 Å². The van der Waals surface area contributed by atoms with Crippen LogP contribution in [0.4, 0.5) is 0 Å². The van der Waals surface area contributed by atoms with Crippen molar-refractivity contribution in [2.24, 2.45) is 46.3 Å². The Labute approximate surface area is 187 Å². The van der Waals surface area contributed by atoms with Crippen LogP contribution in [0.2, 0.25) is 0 Å². The van der Waals surface area contributed by atoms with Crippen LogP contribution in [-0.4, -0.2) is 46.2 Å². The number of ether oxygens (including phenoxy) is 1. The van der Waals surface area contributed by atoms with Crippen molar-refractivity contribution in [1.29, 1.82) is 0 Å². The van der Waals surface area contributed by atoms with Crippen molar-refractivity contribution in [2.75, 3.05) is 6.61 Å². The molecule has 4 rings (SSSR count). The summed E-state index contributed by atoms with van der Waals surface area (Å²) in [6, 6.07) is 0. The fraction of sp³-hybridized carbons (Fsp3) is 0.962. The topological polar surface area (TPSA) is 87.0 Å². The predicted octanol–water partition coefficient (Wildman–Crippen LogP) is 3.93. The number of hydrogen-bond donors (Lipinski definition) is 3. The quantitative estimate of drug-likeness (QED) is 0.569. The summed E-state index contributed by atoms with van der Waals surface area (Å²) in [4.78, 5) is 11.9. The first-order valence-corrected chi connectivity index (χ1v) is 12.8. The van der Waals surface area contributed by atoms with E-state index in [-0.39, 0.29) is 41.0 Å². The predicted molar refractivity (Wildman–Crippen MR) is 119 cm³/mol. The number of rotatable bonds is 5. The van der Waals surface area contributed by atoms with E-state index in [1.807, 2.05) is 6.92 Å². The highest BCUT2D eigenvalue weighted by Crippen LogP contribution is 2.68. The van der Waals surface area contributed by atoms with Gasteiger partial charge in [-0.3, -0.25) is 4.79 Å². The second kappa shape index (κ2) is 8.61. The Kier molecular flexibility index (Phi) is 6.53. The van der Waals surface area contributed by atoms with Crippen molar-refractivity contribution in [3.63, 3.8) is 0 Å². The summed E-state index contributed by atoms with van der Waals surface area (Å²) in [6.07, 6.45) is 6.62. The lowest BCUT2D eigenvalue weighted by molar-refractivity contribution is -0.207. The number of carbonyl (C=O) groups excluding carboxylic acids is 1. The lowest BCUT2D eigenvalue weighted by atomic mass is 9.43. The van der Waals surface area contributed by atoms with Gasteiger partial charge in [0.15, 0.2) is 0 Å². The minimum absolute atomic E-state index is 0.110. The number of aliphatic hydroxyl groups is 3. The summed E-state index contributed by atoms with van der Waals surface area (Å²) in [5.41, 5.74) is -0.0906. The van der Waals surface area contributed by atoms with Crippen molar-refractivity contribution in [3.8, 4) is 0 Å². The molecule has 5 nitrogen and oxygen atoms in total. The van der Waals surface area contributed by atoms with Crippen LogP contribution in [0, 0.1) is 46.3 Å². The number of carbonyl (C=O) groups is 1. The van der Waals surface area contributed by atoms with Crippen molar-refractivity contribution >= 4 is 5.97 Å². The molecule has 0 saturated heterocycles. The van der Waals surface area contributed by atoms with Gasteiger partial charge in [-0.05, 0) is 105 Å². The summed E-state index contributed by atoms with van der Waals surface area (Å²) in [6.45, 7) is 9.13. The molecule has 4 aliphatic carbocycles.